The van der Waals surface area contributed by atoms with Crippen LogP contribution in [0.15, 0.2) is 12.1 Å². The summed E-state index contributed by atoms with van der Waals surface area (Å²) in [6.07, 6.45) is 0. The fourth-order valence-corrected chi connectivity index (χ4v) is 2.84. The maximum absolute atomic E-state index is 5.31. The average Bonchev–Trinajstić information content (AvgIpc) is 2.58. The van der Waals surface area contributed by atoms with Gasteiger partial charge in [0.1, 0.15) is 0 Å². The quantitative estimate of drug-likeness (QED) is 0.825. The normalized spacial score (nSPS) is 11.2. The molecule has 0 aliphatic heterocycles. The van der Waals surface area contributed by atoms with E-state index in [4.69, 9.17) is 12.2 Å². The van der Waals surface area contributed by atoms with Crippen molar-refractivity contribution in [2.75, 3.05) is 0 Å². The fraction of sp³-hybridized carbons (Fsp3) is 0.429. The van der Waals surface area contributed by atoms with Crippen molar-refractivity contribution in [3.05, 3.63) is 33.6 Å². The maximum Gasteiger partial charge on any atom is 0.195 e. The van der Waals surface area contributed by atoms with E-state index in [1.165, 1.54) is 22.3 Å². The van der Waals surface area contributed by atoms with Crippen molar-refractivity contribution in [1.82, 2.24) is 14.8 Å². The van der Waals surface area contributed by atoms with E-state index in [-0.39, 0.29) is 0 Å². The molecule has 1 aromatic heterocycles. The van der Waals surface area contributed by atoms with Crippen LogP contribution in [0.4, 0.5) is 0 Å². The Kier molecular flexibility index (Phi) is 3.39. The van der Waals surface area contributed by atoms with E-state index < -0.39 is 0 Å². The fourth-order valence-electron chi connectivity index (χ4n) is 2.49. The summed E-state index contributed by atoms with van der Waals surface area (Å²) in [5, 5.41) is 7.31. The molecule has 1 heterocycles. The molecule has 0 fully saturated rings. The predicted octanol–water partition coefficient (Wildman–Crippen LogP) is 4.11. The van der Waals surface area contributed by atoms with Gasteiger partial charge in [-0.25, -0.2) is 0 Å². The lowest BCUT2D eigenvalue weighted by Crippen LogP contribution is -2.05. The second-order valence-electron chi connectivity index (χ2n) is 5.09. The van der Waals surface area contributed by atoms with E-state index >= 15 is 0 Å². The van der Waals surface area contributed by atoms with Crippen molar-refractivity contribution in [3.63, 3.8) is 0 Å². The Morgan fingerprint density at radius 1 is 1.17 bits per heavy atom. The number of aromatic nitrogens is 3. The Balaban J connectivity index is 2.74. The number of benzene rings is 1. The van der Waals surface area contributed by atoms with Crippen LogP contribution in [-0.2, 0) is 0 Å². The minimum absolute atomic E-state index is 0.298. The van der Waals surface area contributed by atoms with Gasteiger partial charge in [-0.15, -0.1) is 0 Å². The number of hydrogen-bond donors (Lipinski definition) is 1. The van der Waals surface area contributed by atoms with Gasteiger partial charge in [0.25, 0.3) is 0 Å². The first-order valence-electron chi connectivity index (χ1n) is 6.17. The molecule has 0 spiro atoms. The molecule has 0 amide bonds. The third kappa shape index (κ3) is 2.12. The van der Waals surface area contributed by atoms with Crippen molar-refractivity contribution >= 4 is 12.2 Å². The molecule has 2 aromatic rings. The molecule has 0 radical (unpaired) electrons. The Morgan fingerprint density at radius 2 is 1.72 bits per heavy atom. The number of aromatic amines is 1. The molecular weight excluding hydrogens is 242 g/mol. The largest absolute Gasteiger partial charge is 0.298 e. The smallest absolute Gasteiger partial charge is 0.195 e. The summed E-state index contributed by atoms with van der Waals surface area (Å²) in [5.41, 5.74) is 4.94. The summed E-state index contributed by atoms with van der Waals surface area (Å²) in [6, 6.07) is 4.67. The molecule has 1 N–H and O–H groups in total. The molecule has 2 rings (SSSR count). The number of hydrogen-bond acceptors (Lipinski definition) is 2. The van der Waals surface area contributed by atoms with Gasteiger partial charge in [-0.05, 0) is 58.0 Å². The molecule has 3 nitrogen and oxygen atoms in total. The van der Waals surface area contributed by atoms with Crippen molar-refractivity contribution in [3.8, 4) is 11.4 Å². The Labute approximate surface area is 113 Å². The highest BCUT2D eigenvalue weighted by Gasteiger charge is 2.15. The first-order chi connectivity index (χ1) is 8.41. The maximum atomic E-state index is 5.31. The molecule has 4 heteroatoms. The van der Waals surface area contributed by atoms with Gasteiger partial charge in [-0.2, -0.15) is 5.10 Å². The van der Waals surface area contributed by atoms with Crippen molar-refractivity contribution in [1.29, 1.82) is 0 Å². The first-order valence-corrected chi connectivity index (χ1v) is 6.57. The lowest BCUT2D eigenvalue weighted by molar-refractivity contribution is 0.596. The number of rotatable bonds is 2. The molecule has 0 saturated carbocycles. The molecule has 0 bridgehead atoms. The van der Waals surface area contributed by atoms with Gasteiger partial charge in [0.05, 0.1) is 0 Å². The van der Waals surface area contributed by atoms with E-state index in [9.17, 15) is 0 Å². The van der Waals surface area contributed by atoms with Gasteiger partial charge in [-0.3, -0.25) is 9.67 Å². The zero-order chi connectivity index (χ0) is 13.4. The average molecular weight is 261 g/mol. The van der Waals surface area contributed by atoms with Gasteiger partial charge in [0.2, 0.25) is 0 Å². The molecule has 1 aromatic carbocycles. The van der Waals surface area contributed by atoms with Crippen LogP contribution in [0.3, 0.4) is 0 Å². The Hall–Kier alpha value is -1.42. The molecule has 0 aliphatic carbocycles. The summed E-state index contributed by atoms with van der Waals surface area (Å²) in [4.78, 5) is 0. The lowest BCUT2D eigenvalue weighted by Gasteiger charge is -2.14. The van der Waals surface area contributed by atoms with Gasteiger partial charge in [-0.1, -0.05) is 17.7 Å². The van der Waals surface area contributed by atoms with Gasteiger partial charge in [0.15, 0.2) is 10.6 Å². The van der Waals surface area contributed by atoms with Crippen LogP contribution in [-0.4, -0.2) is 14.8 Å². The number of aryl methyl sites for hydroxylation is 3. The Morgan fingerprint density at radius 3 is 2.22 bits per heavy atom. The van der Waals surface area contributed by atoms with Crippen molar-refractivity contribution in [2.24, 2.45) is 0 Å². The number of nitrogens with one attached hydrogen (secondary N) is 1. The third-order valence-electron chi connectivity index (χ3n) is 3.12. The van der Waals surface area contributed by atoms with Gasteiger partial charge < -0.3 is 0 Å². The SMILES string of the molecule is Cc1cc(C)c(-c2n[nH]c(=S)n2C(C)C)c(C)c1. The van der Waals surface area contributed by atoms with Crippen LogP contribution in [0.5, 0.6) is 0 Å². The molecule has 0 aliphatic rings. The minimum atomic E-state index is 0.298. The molecule has 18 heavy (non-hydrogen) atoms. The molecule has 0 unspecified atom stereocenters. The zero-order valence-electron chi connectivity index (χ0n) is 11.5. The summed E-state index contributed by atoms with van der Waals surface area (Å²) in [5.74, 6) is 0.935. The highest BCUT2D eigenvalue weighted by atomic mass is 32.1. The van der Waals surface area contributed by atoms with Crippen LogP contribution in [0.25, 0.3) is 11.4 Å². The van der Waals surface area contributed by atoms with Crippen LogP contribution in [0, 0.1) is 25.5 Å². The molecule has 96 valence electrons. The van der Waals surface area contributed by atoms with Crippen LogP contribution in [0.2, 0.25) is 0 Å². The van der Waals surface area contributed by atoms with E-state index in [1.54, 1.807) is 0 Å². The van der Waals surface area contributed by atoms with Gasteiger partial charge in [0, 0.05) is 11.6 Å². The second-order valence-corrected chi connectivity index (χ2v) is 5.48. The van der Waals surface area contributed by atoms with E-state index in [0.29, 0.717) is 10.8 Å². The van der Waals surface area contributed by atoms with Crippen molar-refractivity contribution < 1.29 is 0 Å². The van der Waals surface area contributed by atoms with E-state index in [2.05, 4.69) is 61.5 Å². The first kappa shape index (κ1) is 13.0. The minimum Gasteiger partial charge on any atom is -0.298 e. The van der Waals surface area contributed by atoms with Crippen LogP contribution in [0.1, 0.15) is 36.6 Å². The molecule has 0 atom stereocenters. The zero-order valence-corrected chi connectivity index (χ0v) is 12.4. The van der Waals surface area contributed by atoms with E-state index in [1.807, 2.05) is 0 Å². The predicted molar refractivity (Wildman–Crippen MR) is 77.4 cm³/mol. The molecular formula is C14H19N3S. The standard InChI is InChI=1S/C14H19N3S/c1-8(2)17-13(15-16-14(17)18)12-10(4)6-9(3)7-11(12)5/h6-8H,1-5H3,(H,16,18). The third-order valence-corrected chi connectivity index (χ3v) is 3.41. The lowest BCUT2D eigenvalue weighted by atomic mass is 9.99. The van der Waals surface area contributed by atoms with E-state index in [0.717, 1.165) is 5.82 Å². The van der Waals surface area contributed by atoms with Crippen LogP contribution < -0.4 is 0 Å². The van der Waals surface area contributed by atoms with Crippen LogP contribution >= 0.6 is 12.2 Å². The molecule has 0 saturated heterocycles. The van der Waals surface area contributed by atoms with Crippen molar-refractivity contribution in [2.45, 2.75) is 40.7 Å². The summed E-state index contributed by atoms with van der Waals surface area (Å²) in [6.45, 7) is 10.6. The topological polar surface area (TPSA) is 33.6 Å². The second kappa shape index (κ2) is 4.69. The number of nitrogens with zero attached hydrogens (tertiary/aromatic N) is 2. The highest BCUT2D eigenvalue weighted by molar-refractivity contribution is 7.71. The Bertz CT molecular complexity index is 612. The monoisotopic (exact) mass is 261 g/mol. The number of H-pyrrole nitrogens is 1. The highest BCUT2D eigenvalue weighted by Crippen LogP contribution is 2.28. The van der Waals surface area contributed by atoms with Gasteiger partial charge >= 0.3 is 0 Å². The summed E-state index contributed by atoms with van der Waals surface area (Å²) >= 11 is 5.31. The summed E-state index contributed by atoms with van der Waals surface area (Å²) in [7, 11) is 0. The summed E-state index contributed by atoms with van der Waals surface area (Å²) < 4.78 is 2.75.